The van der Waals surface area contributed by atoms with Gasteiger partial charge in [0.15, 0.2) is 5.78 Å². The van der Waals surface area contributed by atoms with Crippen LogP contribution in [-0.4, -0.2) is 11.4 Å². The van der Waals surface area contributed by atoms with Gasteiger partial charge in [0, 0.05) is 0 Å². The Kier molecular flexibility index (Phi) is 3.42. The maximum Gasteiger partial charge on any atom is 0.170 e. The van der Waals surface area contributed by atoms with Crippen LogP contribution in [0.25, 0.3) is 0 Å². The number of ether oxygens (including phenoxy) is 2. The first-order valence-electron chi connectivity index (χ1n) is 7.06. The fourth-order valence-electron chi connectivity index (χ4n) is 2.46. The molecule has 0 aliphatic carbocycles. The van der Waals surface area contributed by atoms with E-state index in [0.29, 0.717) is 30.1 Å². The molecule has 108 valence electrons. The zero-order chi connectivity index (χ0) is 14.9. The molecule has 21 heavy (non-hydrogen) atoms. The van der Waals surface area contributed by atoms with Crippen molar-refractivity contribution in [3.8, 4) is 11.5 Å². The molecule has 0 fully saturated rings. The first kappa shape index (κ1) is 13.7. The number of carbonyl (C=O) groups is 1. The van der Waals surface area contributed by atoms with Gasteiger partial charge in [0.25, 0.3) is 0 Å². The molecule has 1 aliphatic rings. The predicted octanol–water partition coefficient (Wildman–Crippen LogP) is 4.01. The second-order valence-corrected chi connectivity index (χ2v) is 5.89. The third kappa shape index (κ3) is 3.07. The molecule has 1 aliphatic heterocycles. The SMILES string of the molecule is CC1(C)CC(=O)c2cc(OCc3ccccc3)ccc2O1. The molecule has 0 saturated heterocycles. The Balaban J connectivity index is 1.77. The number of Topliss-reactive ketones (excluding diaryl/α,β-unsaturated/α-hetero) is 1. The van der Waals surface area contributed by atoms with Crippen molar-refractivity contribution >= 4 is 5.78 Å². The van der Waals surface area contributed by atoms with Gasteiger partial charge in [0.05, 0.1) is 12.0 Å². The Morgan fingerprint density at radius 1 is 1.14 bits per heavy atom. The third-order valence-electron chi connectivity index (χ3n) is 3.47. The van der Waals surface area contributed by atoms with Gasteiger partial charge in [0.2, 0.25) is 0 Å². The summed E-state index contributed by atoms with van der Waals surface area (Å²) >= 11 is 0. The minimum atomic E-state index is -0.434. The van der Waals surface area contributed by atoms with Crippen LogP contribution in [0.1, 0.15) is 36.2 Å². The molecule has 0 unspecified atom stereocenters. The highest BCUT2D eigenvalue weighted by Crippen LogP contribution is 2.35. The van der Waals surface area contributed by atoms with E-state index in [4.69, 9.17) is 9.47 Å². The summed E-state index contributed by atoms with van der Waals surface area (Å²) in [5.74, 6) is 1.43. The zero-order valence-corrected chi connectivity index (χ0v) is 12.3. The maximum atomic E-state index is 12.2. The van der Waals surface area contributed by atoms with E-state index in [2.05, 4.69) is 0 Å². The summed E-state index contributed by atoms with van der Waals surface area (Å²) in [5, 5.41) is 0. The second-order valence-electron chi connectivity index (χ2n) is 5.89. The Hall–Kier alpha value is -2.29. The van der Waals surface area contributed by atoms with E-state index in [1.54, 1.807) is 6.07 Å². The summed E-state index contributed by atoms with van der Waals surface area (Å²) in [6.45, 7) is 4.33. The topological polar surface area (TPSA) is 35.5 Å². The number of hydrogen-bond donors (Lipinski definition) is 0. The molecule has 0 atom stereocenters. The third-order valence-corrected chi connectivity index (χ3v) is 3.47. The minimum absolute atomic E-state index is 0.103. The van der Waals surface area contributed by atoms with Crippen LogP contribution >= 0.6 is 0 Å². The quantitative estimate of drug-likeness (QED) is 0.853. The lowest BCUT2D eigenvalue weighted by Crippen LogP contribution is -2.35. The van der Waals surface area contributed by atoms with Crippen LogP contribution in [0.4, 0.5) is 0 Å². The number of benzene rings is 2. The van der Waals surface area contributed by atoms with Crippen molar-refractivity contribution in [3.63, 3.8) is 0 Å². The van der Waals surface area contributed by atoms with Crippen LogP contribution in [0.2, 0.25) is 0 Å². The monoisotopic (exact) mass is 282 g/mol. The van der Waals surface area contributed by atoms with Crippen LogP contribution in [0.15, 0.2) is 48.5 Å². The van der Waals surface area contributed by atoms with E-state index in [-0.39, 0.29) is 5.78 Å². The van der Waals surface area contributed by atoms with E-state index in [0.717, 1.165) is 5.56 Å². The maximum absolute atomic E-state index is 12.2. The van der Waals surface area contributed by atoms with E-state index in [1.165, 1.54) is 0 Å². The van der Waals surface area contributed by atoms with Crippen molar-refractivity contribution in [2.24, 2.45) is 0 Å². The lowest BCUT2D eigenvalue weighted by atomic mass is 9.93. The van der Waals surface area contributed by atoms with Crippen LogP contribution in [-0.2, 0) is 6.61 Å². The first-order valence-corrected chi connectivity index (χ1v) is 7.06. The van der Waals surface area contributed by atoms with E-state index in [9.17, 15) is 4.79 Å². The lowest BCUT2D eigenvalue weighted by Gasteiger charge is -2.31. The van der Waals surface area contributed by atoms with Crippen LogP contribution in [0.3, 0.4) is 0 Å². The molecule has 3 rings (SSSR count). The van der Waals surface area contributed by atoms with E-state index in [1.807, 2.05) is 56.3 Å². The summed E-state index contributed by atoms with van der Waals surface area (Å²) in [4.78, 5) is 12.2. The predicted molar refractivity (Wildman–Crippen MR) is 80.9 cm³/mol. The summed E-state index contributed by atoms with van der Waals surface area (Å²) < 4.78 is 11.6. The average molecular weight is 282 g/mol. The Labute approximate surface area is 124 Å². The van der Waals surface area contributed by atoms with Crippen molar-refractivity contribution in [1.82, 2.24) is 0 Å². The molecule has 2 aromatic rings. The number of rotatable bonds is 3. The normalized spacial score (nSPS) is 16.0. The van der Waals surface area contributed by atoms with E-state index < -0.39 is 5.60 Å². The zero-order valence-electron chi connectivity index (χ0n) is 12.3. The van der Waals surface area contributed by atoms with Crippen molar-refractivity contribution in [1.29, 1.82) is 0 Å². The molecule has 0 saturated carbocycles. The highest BCUT2D eigenvalue weighted by molar-refractivity contribution is 6.00. The second kappa shape index (κ2) is 5.24. The van der Waals surface area contributed by atoms with Crippen molar-refractivity contribution in [3.05, 3.63) is 59.7 Å². The molecule has 0 amide bonds. The molecule has 1 heterocycles. The molecule has 0 spiro atoms. The largest absolute Gasteiger partial charge is 0.489 e. The van der Waals surface area contributed by atoms with Crippen LogP contribution < -0.4 is 9.47 Å². The smallest absolute Gasteiger partial charge is 0.170 e. The molecule has 0 N–H and O–H groups in total. The van der Waals surface area contributed by atoms with Gasteiger partial charge in [-0.2, -0.15) is 0 Å². The van der Waals surface area contributed by atoms with Gasteiger partial charge in [-0.15, -0.1) is 0 Å². The highest BCUT2D eigenvalue weighted by atomic mass is 16.5. The molecule has 2 aromatic carbocycles. The van der Waals surface area contributed by atoms with Crippen molar-refractivity contribution in [2.45, 2.75) is 32.5 Å². The number of carbonyl (C=O) groups excluding carboxylic acids is 1. The molecule has 0 bridgehead atoms. The molecule has 3 heteroatoms. The summed E-state index contributed by atoms with van der Waals surface area (Å²) in [6, 6.07) is 15.4. The molecular formula is C18H18O3. The Bertz CT molecular complexity index is 659. The number of ketones is 1. The molecule has 0 radical (unpaired) electrons. The number of hydrogen-bond acceptors (Lipinski definition) is 3. The van der Waals surface area contributed by atoms with Gasteiger partial charge in [-0.25, -0.2) is 0 Å². The Morgan fingerprint density at radius 3 is 2.67 bits per heavy atom. The first-order chi connectivity index (χ1) is 10.0. The molecule has 0 aromatic heterocycles. The van der Waals surface area contributed by atoms with Crippen LogP contribution in [0.5, 0.6) is 11.5 Å². The molecule has 3 nitrogen and oxygen atoms in total. The van der Waals surface area contributed by atoms with Crippen molar-refractivity contribution in [2.75, 3.05) is 0 Å². The lowest BCUT2D eigenvalue weighted by molar-refractivity contribution is 0.0618. The van der Waals surface area contributed by atoms with Gasteiger partial charge in [0.1, 0.15) is 23.7 Å². The number of fused-ring (bicyclic) bond motifs is 1. The Morgan fingerprint density at radius 2 is 1.90 bits per heavy atom. The molecular weight excluding hydrogens is 264 g/mol. The van der Waals surface area contributed by atoms with Gasteiger partial charge in [-0.3, -0.25) is 4.79 Å². The summed E-state index contributed by atoms with van der Waals surface area (Å²) in [6.07, 6.45) is 0.391. The van der Waals surface area contributed by atoms with Gasteiger partial charge in [-0.1, -0.05) is 30.3 Å². The average Bonchev–Trinajstić information content (AvgIpc) is 2.45. The fraction of sp³-hybridized carbons (Fsp3) is 0.278. The van der Waals surface area contributed by atoms with Crippen molar-refractivity contribution < 1.29 is 14.3 Å². The van der Waals surface area contributed by atoms with Gasteiger partial charge < -0.3 is 9.47 Å². The standard InChI is InChI=1S/C18H18O3/c1-18(2)11-16(19)15-10-14(8-9-17(15)21-18)20-12-13-6-4-3-5-7-13/h3-10H,11-12H2,1-2H3. The minimum Gasteiger partial charge on any atom is -0.489 e. The highest BCUT2D eigenvalue weighted by Gasteiger charge is 2.32. The van der Waals surface area contributed by atoms with Gasteiger partial charge in [-0.05, 0) is 37.6 Å². The summed E-state index contributed by atoms with van der Waals surface area (Å²) in [7, 11) is 0. The van der Waals surface area contributed by atoms with E-state index >= 15 is 0 Å². The fourth-order valence-corrected chi connectivity index (χ4v) is 2.46. The summed E-state index contributed by atoms with van der Waals surface area (Å²) in [5.41, 5.74) is 1.27. The van der Waals surface area contributed by atoms with Crippen LogP contribution in [0, 0.1) is 0 Å². The van der Waals surface area contributed by atoms with Gasteiger partial charge >= 0.3 is 0 Å².